The molecule has 128 valence electrons. The van der Waals surface area contributed by atoms with Crippen molar-refractivity contribution in [2.24, 2.45) is 11.8 Å². The molecular weight excluding hydrogens is 290 g/mol. The topological polar surface area (TPSA) is 12.0 Å². The molecule has 3 atom stereocenters. The average Bonchev–Trinajstić information content (AvgIpc) is 3.06. The molecule has 1 heteroatoms. The third kappa shape index (κ3) is 4.48. The van der Waals surface area contributed by atoms with Gasteiger partial charge in [-0.3, -0.25) is 0 Å². The lowest BCUT2D eigenvalue weighted by atomic mass is 9.83. The minimum absolute atomic E-state index is 0.620. The highest BCUT2D eigenvalue weighted by molar-refractivity contribution is 5.34. The number of unbranched alkanes of at least 4 members (excludes halogenated alkanes) is 1. The van der Waals surface area contributed by atoms with Gasteiger partial charge in [0.15, 0.2) is 0 Å². The van der Waals surface area contributed by atoms with Gasteiger partial charge >= 0.3 is 0 Å². The Hall–Kier alpha value is -1.60. The highest BCUT2D eigenvalue weighted by Crippen LogP contribution is 2.32. The maximum absolute atomic E-state index is 3.74. The zero-order chi connectivity index (χ0) is 16.8. The number of benzene rings is 1. The van der Waals surface area contributed by atoms with E-state index in [0.29, 0.717) is 17.9 Å². The Labute approximate surface area is 147 Å². The highest BCUT2D eigenvalue weighted by Gasteiger charge is 2.27. The van der Waals surface area contributed by atoms with Gasteiger partial charge in [-0.1, -0.05) is 73.6 Å². The SMILES string of the molecule is CCC/C=C\C1CC=C(C2CNC(Cc3ccccc3)C2)C=C1C. The van der Waals surface area contributed by atoms with Gasteiger partial charge in [0.05, 0.1) is 0 Å². The minimum atomic E-state index is 0.620. The first-order valence-corrected chi connectivity index (χ1v) is 9.58. The van der Waals surface area contributed by atoms with E-state index < -0.39 is 0 Å². The van der Waals surface area contributed by atoms with Gasteiger partial charge in [0.1, 0.15) is 0 Å². The Morgan fingerprint density at radius 3 is 2.79 bits per heavy atom. The number of allylic oxidation sites excluding steroid dienone is 5. The van der Waals surface area contributed by atoms with Crippen molar-refractivity contribution in [3.8, 4) is 0 Å². The molecule has 1 aliphatic carbocycles. The average molecular weight is 322 g/mol. The van der Waals surface area contributed by atoms with Crippen LogP contribution in [0.3, 0.4) is 0 Å². The first-order chi connectivity index (χ1) is 11.8. The Bertz CT molecular complexity index is 608. The summed E-state index contributed by atoms with van der Waals surface area (Å²) in [6.07, 6.45) is 15.8. The van der Waals surface area contributed by atoms with Crippen LogP contribution in [0.5, 0.6) is 0 Å². The fourth-order valence-electron chi connectivity index (χ4n) is 3.95. The van der Waals surface area contributed by atoms with Gasteiger partial charge in [0.25, 0.3) is 0 Å². The molecule has 1 fully saturated rings. The largest absolute Gasteiger partial charge is 0.313 e. The molecule has 3 rings (SSSR count). The van der Waals surface area contributed by atoms with Crippen molar-refractivity contribution >= 4 is 0 Å². The van der Waals surface area contributed by atoms with Crippen LogP contribution in [0.2, 0.25) is 0 Å². The van der Waals surface area contributed by atoms with Crippen molar-refractivity contribution in [2.75, 3.05) is 6.54 Å². The molecule has 0 saturated carbocycles. The Morgan fingerprint density at radius 1 is 1.21 bits per heavy atom. The molecule has 1 aromatic carbocycles. The van der Waals surface area contributed by atoms with Gasteiger partial charge in [-0.2, -0.15) is 0 Å². The van der Waals surface area contributed by atoms with Crippen LogP contribution in [0, 0.1) is 11.8 Å². The number of rotatable bonds is 6. The summed E-state index contributed by atoms with van der Waals surface area (Å²) < 4.78 is 0. The summed E-state index contributed by atoms with van der Waals surface area (Å²) in [6.45, 7) is 5.67. The summed E-state index contributed by atoms with van der Waals surface area (Å²) >= 11 is 0. The van der Waals surface area contributed by atoms with E-state index in [1.165, 1.54) is 36.8 Å². The van der Waals surface area contributed by atoms with Crippen molar-refractivity contribution < 1.29 is 0 Å². The molecule has 0 bridgehead atoms. The van der Waals surface area contributed by atoms with Gasteiger partial charge in [-0.15, -0.1) is 0 Å². The fourth-order valence-corrected chi connectivity index (χ4v) is 3.95. The molecule has 1 N–H and O–H groups in total. The second kappa shape index (κ2) is 8.48. The maximum Gasteiger partial charge on any atom is 0.0114 e. The fraction of sp³-hybridized carbons (Fsp3) is 0.478. The minimum Gasteiger partial charge on any atom is -0.313 e. The first-order valence-electron chi connectivity index (χ1n) is 9.58. The van der Waals surface area contributed by atoms with E-state index >= 15 is 0 Å². The van der Waals surface area contributed by atoms with E-state index in [2.05, 4.69) is 73.8 Å². The quantitative estimate of drug-likeness (QED) is 0.686. The third-order valence-corrected chi connectivity index (χ3v) is 5.43. The Morgan fingerprint density at radius 2 is 2.04 bits per heavy atom. The van der Waals surface area contributed by atoms with Crippen LogP contribution >= 0.6 is 0 Å². The summed E-state index contributed by atoms with van der Waals surface area (Å²) in [5.74, 6) is 1.31. The molecule has 0 radical (unpaired) electrons. The third-order valence-electron chi connectivity index (χ3n) is 5.43. The van der Waals surface area contributed by atoms with Crippen LogP contribution in [0.1, 0.15) is 45.1 Å². The molecule has 1 nitrogen and oxygen atoms in total. The van der Waals surface area contributed by atoms with Crippen LogP contribution in [0.4, 0.5) is 0 Å². The van der Waals surface area contributed by atoms with Gasteiger partial charge in [0, 0.05) is 18.5 Å². The normalized spacial score (nSPS) is 27.3. The van der Waals surface area contributed by atoms with Crippen molar-refractivity contribution in [3.63, 3.8) is 0 Å². The molecule has 24 heavy (non-hydrogen) atoms. The number of nitrogens with one attached hydrogen (secondary N) is 1. The van der Waals surface area contributed by atoms with Crippen molar-refractivity contribution in [1.82, 2.24) is 5.32 Å². The van der Waals surface area contributed by atoms with E-state index in [4.69, 9.17) is 0 Å². The van der Waals surface area contributed by atoms with Crippen molar-refractivity contribution in [1.29, 1.82) is 0 Å². The van der Waals surface area contributed by atoms with Crippen LogP contribution in [-0.4, -0.2) is 12.6 Å². The predicted octanol–water partition coefficient (Wildman–Crippen LogP) is 5.46. The van der Waals surface area contributed by atoms with Crippen LogP contribution in [0.25, 0.3) is 0 Å². The van der Waals surface area contributed by atoms with E-state index in [9.17, 15) is 0 Å². The lowest BCUT2D eigenvalue weighted by Gasteiger charge is -2.22. The van der Waals surface area contributed by atoms with Crippen LogP contribution in [0.15, 0.2) is 65.8 Å². The second-order valence-corrected chi connectivity index (χ2v) is 7.38. The molecule has 3 unspecified atom stereocenters. The maximum atomic E-state index is 3.74. The van der Waals surface area contributed by atoms with Gasteiger partial charge in [-0.05, 0) is 49.7 Å². The lowest BCUT2D eigenvalue weighted by Crippen LogP contribution is -2.23. The summed E-state index contributed by atoms with van der Waals surface area (Å²) in [6, 6.07) is 11.5. The van der Waals surface area contributed by atoms with E-state index in [1.54, 1.807) is 5.57 Å². The number of hydrogen-bond acceptors (Lipinski definition) is 1. The highest BCUT2D eigenvalue weighted by atomic mass is 14.9. The van der Waals surface area contributed by atoms with Gasteiger partial charge in [-0.25, -0.2) is 0 Å². The zero-order valence-electron chi connectivity index (χ0n) is 15.2. The monoisotopic (exact) mass is 321 g/mol. The molecular formula is C23H31N. The lowest BCUT2D eigenvalue weighted by molar-refractivity contribution is 0.588. The molecule has 1 heterocycles. The Kier molecular flexibility index (Phi) is 6.09. The van der Waals surface area contributed by atoms with Gasteiger partial charge in [0.2, 0.25) is 0 Å². The van der Waals surface area contributed by atoms with Crippen molar-refractivity contribution in [2.45, 2.75) is 52.0 Å². The predicted molar refractivity (Wildman–Crippen MR) is 104 cm³/mol. The standard InChI is InChI=1S/C23H31N/c1-3-4-6-11-20-12-13-21(14-18(20)2)22-16-23(24-17-22)15-19-9-7-5-8-10-19/h5-11,13-14,20,22-24H,3-4,12,15-17H2,1-2H3/b11-6-. The smallest absolute Gasteiger partial charge is 0.0114 e. The molecule has 2 aliphatic rings. The summed E-state index contributed by atoms with van der Waals surface area (Å²) in [4.78, 5) is 0. The molecule has 0 amide bonds. The van der Waals surface area contributed by atoms with Crippen LogP contribution < -0.4 is 5.32 Å². The summed E-state index contributed by atoms with van der Waals surface area (Å²) in [5.41, 5.74) is 4.54. The summed E-state index contributed by atoms with van der Waals surface area (Å²) in [7, 11) is 0. The molecule has 1 aliphatic heterocycles. The molecule has 0 spiro atoms. The molecule has 1 aromatic rings. The van der Waals surface area contributed by atoms with Crippen LogP contribution in [-0.2, 0) is 6.42 Å². The van der Waals surface area contributed by atoms with E-state index in [1.807, 2.05) is 0 Å². The van der Waals surface area contributed by atoms with Crippen molar-refractivity contribution in [3.05, 3.63) is 71.3 Å². The zero-order valence-corrected chi connectivity index (χ0v) is 15.2. The second-order valence-electron chi connectivity index (χ2n) is 7.38. The van der Waals surface area contributed by atoms with E-state index in [-0.39, 0.29) is 0 Å². The first kappa shape index (κ1) is 17.2. The molecule has 1 saturated heterocycles. The van der Waals surface area contributed by atoms with E-state index in [0.717, 1.165) is 13.0 Å². The Balaban J connectivity index is 1.55. The molecule has 0 aromatic heterocycles. The van der Waals surface area contributed by atoms with Gasteiger partial charge < -0.3 is 5.32 Å². The number of hydrogen-bond donors (Lipinski definition) is 1. The summed E-state index contributed by atoms with van der Waals surface area (Å²) in [5, 5.41) is 3.74.